The molecule has 1 N–H and O–H groups in total. The Morgan fingerprint density at radius 3 is 2.54 bits per heavy atom. The van der Waals surface area contributed by atoms with E-state index in [1.165, 1.54) is 5.56 Å². The van der Waals surface area contributed by atoms with Gasteiger partial charge in [0.05, 0.1) is 13.2 Å². The van der Waals surface area contributed by atoms with Gasteiger partial charge in [0.1, 0.15) is 5.69 Å². The van der Waals surface area contributed by atoms with Crippen LogP contribution in [0.3, 0.4) is 0 Å². The number of aromatic nitrogens is 2. The lowest BCUT2D eigenvalue weighted by molar-refractivity contribution is -0.181. The molecule has 1 amide bonds. The number of nitrogens with zero attached hydrogens (tertiary/aromatic N) is 3. The number of carbonyl (C=O) groups excluding carboxylic acids is 1. The summed E-state index contributed by atoms with van der Waals surface area (Å²) in [5, 5.41) is 3.26. The topological polar surface area (TPSA) is 76.6 Å². The van der Waals surface area contributed by atoms with E-state index in [9.17, 15) is 4.79 Å². The summed E-state index contributed by atoms with van der Waals surface area (Å²) < 4.78 is 11.5. The molecule has 2 aliphatic rings. The number of hydrogen-bond acceptors (Lipinski definition) is 6. The van der Waals surface area contributed by atoms with Gasteiger partial charge in [-0.3, -0.25) is 4.79 Å². The molecule has 3 heterocycles. The first-order valence-corrected chi connectivity index (χ1v) is 9.72. The maximum absolute atomic E-state index is 13.0. The Morgan fingerprint density at radius 1 is 1.11 bits per heavy atom. The number of hydrogen-bond donors (Lipinski definition) is 1. The van der Waals surface area contributed by atoms with Crippen molar-refractivity contribution in [2.75, 3.05) is 31.6 Å². The molecule has 2 fully saturated rings. The Labute approximate surface area is 165 Å². The zero-order valence-electron chi connectivity index (χ0n) is 16.6. The number of piperidine rings is 1. The highest BCUT2D eigenvalue weighted by Gasteiger charge is 2.41. The highest BCUT2D eigenvalue weighted by Crippen LogP contribution is 2.31. The van der Waals surface area contributed by atoms with Gasteiger partial charge in [-0.05, 0) is 44.0 Å². The van der Waals surface area contributed by atoms with Crippen LogP contribution in [0.1, 0.15) is 40.2 Å². The smallest absolute Gasteiger partial charge is 0.272 e. The van der Waals surface area contributed by atoms with Crippen LogP contribution in [0.25, 0.3) is 0 Å². The van der Waals surface area contributed by atoms with Crippen LogP contribution in [-0.2, 0) is 9.47 Å². The van der Waals surface area contributed by atoms with E-state index in [1.807, 2.05) is 24.0 Å². The van der Waals surface area contributed by atoms with Crippen molar-refractivity contribution in [3.63, 3.8) is 0 Å². The third-order valence-corrected chi connectivity index (χ3v) is 5.55. The molecule has 1 spiro atoms. The van der Waals surface area contributed by atoms with Gasteiger partial charge in [0.2, 0.25) is 5.95 Å². The zero-order chi connectivity index (χ0) is 19.7. The molecule has 7 heteroatoms. The van der Waals surface area contributed by atoms with Gasteiger partial charge in [-0.15, -0.1) is 0 Å². The minimum atomic E-state index is -0.492. The molecule has 28 heavy (non-hydrogen) atoms. The van der Waals surface area contributed by atoms with Gasteiger partial charge in [-0.25, -0.2) is 9.97 Å². The first-order chi connectivity index (χ1) is 13.5. The van der Waals surface area contributed by atoms with Crippen molar-refractivity contribution in [1.29, 1.82) is 0 Å². The van der Waals surface area contributed by atoms with Crippen LogP contribution < -0.4 is 5.32 Å². The molecule has 1 aromatic heterocycles. The van der Waals surface area contributed by atoms with E-state index >= 15 is 0 Å². The van der Waals surface area contributed by atoms with Crippen molar-refractivity contribution in [2.24, 2.45) is 0 Å². The Hall–Kier alpha value is -2.51. The average molecular weight is 382 g/mol. The molecule has 0 unspecified atom stereocenters. The Bertz CT molecular complexity index is 883. The van der Waals surface area contributed by atoms with E-state index in [4.69, 9.17) is 9.47 Å². The summed E-state index contributed by atoms with van der Waals surface area (Å²) in [6, 6.07) is 7.78. The lowest BCUT2D eigenvalue weighted by Gasteiger charge is -2.37. The Morgan fingerprint density at radius 2 is 1.82 bits per heavy atom. The molecule has 4 rings (SSSR count). The third kappa shape index (κ3) is 3.72. The lowest BCUT2D eigenvalue weighted by atomic mass is 10.0. The number of anilines is 2. The van der Waals surface area contributed by atoms with Crippen LogP contribution in [0.15, 0.2) is 24.3 Å². The van der Waals surface area contributed by atoms with Crippen molar-refractivity contribution in [1.82, 2.24) is 14.9 Å². The molecule has 0 radical (unpaired) electrons. The van der Waals surface area contributed by atoms with Crippen LogP contribution in [0.4, 0.5) is 11.6 Å². The Balaban J connectivity index is 1.50. The molecule has 0 bridgehead atoms. The largest absolute Gasteiger partial charge is 0.347 e. The number of carbonyl (C=O) groups is 1. The normalized spacial score (nSPS) is 18.5. The summed E-state index contributed by atoms with van der Waals surface area (Å²) in [6.45, 7) is 8.45. The van der Waals surface area contributed by atoms with Crippen molar-refractivity contribution < 1.29 is 14.3 Å². The van der Waals surface area contributed by atoms with Gasteiger partial charge in [0, 0.05) is 37.3 Å². The molecule has 2 aromatic rings. The van der Waals surface area contributed by atoms with Crippen LogP contribution in [0.5, 0.6) is 0 Å². The molecule has 7 nitrogen and oxygen atoms in total. The molecule has 2 aliphatic heterocycles. The summed E-state index contributed by atoms with van der Waals surface area (Å²) in [7, 11) is 0. The van der Waals surface area contributed by atoms with Gasteiger partial charge in [-0.2, -0.15) is 0 Å². The van der Waals surface area contributed by atoms with E-state index in [2.05, 4.69) is 35.2 Å². The van der Waals surface area contributed by atoms with Gasteiger partial charge < -0.3 is 19.7 Å². The highest BCUT2D eigenvalue weighted by molar-refractivity contribution is 5.92. The fourth-order valence-corrected chi connectivity index (χ4v) is 3.74. The molecule has 0 atom stereocenters. The molecular formula is C21H26N4O3. The second-order valence-corrected chi connectivity index (χ2v) is 7.49. The van der Waals surface area contributed by atoms with Crippen LogP contribution in [-0.4, -0.2) is 52.9 Å². The van der Waals surface area contributed by atoms with Crippen molar-refractivity contribution in [3.05, 3.63) is 46.8 Å². The molecule has 0 saturated carbocycles. The quantitative estimate of drug-likeness (QED) is 0.879. The monoisotopic (exact) mass is 382 g/mol. The summed E-state index contributed by atoms with van der Waals surface area (Å²) in [5.41, 5.74) is 4.43. The second-order valence-electron chi connectivity index (χ2n) is 7.49. The molecule has 0 aliphatic carbocycles. The van der Waals surface area contributed by atoms with Gasteiger partial charge in [0.25, 0.3) is 5.91 Å². The first-order valence-electron chi connectivity index (χ1n) is 9.72. The van der Waals surface area contributed by atoms with E-state index in [1.54, 1.807) is 6.07 Å². The number of aryl methyl sites for hydroxylation is 2. The SMILES string of the molecule is Cc1cc(C(=O)N2CCC3(CC2)OCCO3)nc(Nc2cccc(C)c2C)n1. The predicted molar refractivity (Wildman–Crippen MR) is 106 cm³/mol. The van der Waals surface area contributed by atoms with Crippen molar-refractivity contribution in [2.45, 2.75) is 39.4 Å². The average Bonchev–Trinajstić information content (AvgIpc) is 3.13. The molecule has 2 saturated heterocycles. The number of ether oxygens (including phenoxy) is 2. The van der Waals surface area contributed by atoms with Crippen LogP contribution >= 0.6 is 0 Å². The van der Waals surface area contributed by atoms with Gasteiger partial charge in [0.15, 0.2) is 5.79 Å². The summed E-state index contributed by atoms with van der Waals surface area (Å²) in [6.07, 6.45) is 1.38. The minimum Gasteiger partial charge on any atom is -0.347 e. The number of likely N-dealkylation sites (tertiary alicyclic amines) is 1. The van der Waals surface area contributed by atoms with E-state index in [0.717, 1.165) is 16.9 Å². The first kappa shape index (κ1) is 18.8. The highest BCUT2D eigenvalue weighted by atomic mass is 16.7. The van der Waals surface area contributed by atoms with Crippen molar-refractivity contribution in [3.8, 4) is 0 Å². The van der Waals surface area contributed by atoms with E-state index in [0.29, 0.717) is 50.8 Å². The summed E-state index contributed by atoms with van der Waals surface area (Å²) >= 11 is 0. The number of rotatable bonds is 3. The predicted octanol–water partition coefficient (Wildman–Crippen LogP) is 3.12. The standard InChI is InChI=1S/C21H26N4O3/c1-14-5-4-6-17(16(14)3)23-20-22-15(2)13-18(24-20)19(26)25-9-7-21(8-10-25)27-11-12-28-21/h4-6,13H,7-12H2,1-3H3,(H,22,23,24). The van der Waals surface area contributed by atoms with E-state index < -0.39 is 5.79 Å². The number of nitrogens with one attached hydrogen (secondary N) is 1. The lowest BCUT2D eigenvalue weighted by Crippen LogP contribution is -2.47. The van der Waals surface area contributed by atoms with Gasteiger partial charge >= 0.3 is 0 Å². The number of amides is 1. The van der Waals surface area contributed by atoms with E-state index in [-0.39, 0.29) is 5.91 Å². The second kappa shape index (κ2) is 7.48. The van der Waals surface area contributed by atoms with Gasteiger partial charge in [-0.1, -0.05) is 12.1 Å². The maximum Gasteiger partial charge on any atom is 0.272 e. The van der Waals surface area contributed by atoms with Crippen LogP contribution in [0, 0.1) is 20.8 Å². The zero-order valence-corrected chi connectivity index (χ0v) is 16.6. The Kier molecular flexibility index (Phi) is 5.03. The summed E-state index contributed by atoms with van der Waals surface area (Å²) in [4.78, 5) is 23.8. The third-order valence-electron chi connectivity index (χ3n) is 5.55. The number of benzene rings is 1. The maximum atomic E-state index is 13.0. The fraction of sp³-hybridized carbons (Fsp3) is 0.476. The molecule has 1 aromatic carbocycles. The molecule has 148 valence electrons. The fourth-order valence-electron chi connectivity index (χ4n) is 3.74. The van der Waals surface area contributed by atoms with Crippen molar-refractivity contribution >= 4 is 17.5 Å². The van der Waals surface area contributed by atoms with Crippen LogP contribution in [0.2, 0.25) is 0 Å². The molecular weight excluding hydrogens is 356 g/mol. The minimum absolute atomic E-state index is 0.0811. The summed E-state index contributed by atoms with van der Waals surface area (Å²) in [5.74, 6) is -0.135.